The summed E-state index contributed by atoms with van der Waals surface area (Å²) in [6.45, 7) is 5.96. The second kappa shape index (κ2) is 8.82. The van der Waals surface area contributed by atoms with Crippen molar-refractivity contribution in [1.29, 1.82) is 0 Å². The Balaban J connectivity index is 1.56. The van der Waals surface area contributed by atoms with Gasteiger partial charge in [-0.3, -0.25) is 4.79 Å². The highest BCUT2D eigenvalue weighted by atomic mass is 16.5. The van der Waals surface area contributed by atoms with E-state index >= 15 is 0 Å². The Morgan fingerprint density at radius 3 is 2.75 bits per heavy atom. The smallest absolute Gasteiger partial charge is 0.221 e. The van der Waals surface area contributed by atoms with E-state index in [-0.39, 0.29) is 11.9 Å². The number of fused-ring (bicyclic) bond motifs is 1. The molecule has 1 N–H and O–H groups in total. The number of amides is 1. The zero-order chi connectivity index (χ0) is 22.8. The minimum atomic E-state index is -0.380. The molecule has 8 nitrogen and oxygen atoms in total. The monoisotopic (exact) mass is 432 g/mol. The normalized spacial score (nSPS) is 12.2. The number of methoxy groups -OCH3 is 1. The fourth-order valence-corrected chi connectivity index (χ4v) is 4.05. The maximum Gasteiger partial charge on any atom is 0.221 e. The molecule has 166 valence electrons. The fraction of sp³-hybridized carbons (Fsp3) is 0.333. The minimum absolute atomic E-state index is 0.0589. The van der Waals surface area contributed by atoms with Crippen LogP contribution in [-0.2, 0) is 18.3 Å². The Kier molecular flexibility index (Phi) is 5.94. The number of hydrogen-bond donors (Lipinski definition) is 1. The lowest BCUT2D eigenvalue weighted by molar-refractivity contribution is -0.121. The summed E-state index contributed by atoms with van der Waals surface area (Å²) in [5.41, 5.74) is 5.66. The van der Waals surface area contributed by atoms with Gasteiger partial charge < -0.3 is 14.6 Å². The summed E-state index contributed by atoms with van der Waals surface area (Å²) in [6.07, 6.45) is 4.51. The molecule has 1 unspecified atom stereocenters. The van der Waals surface area contributed by atoms with Crippen molar-refractivity contribution in [2.45, 2.75) is 39.7 Å². The molecule has 0 radical (unpaired) electrons. The number of nitrogens with zero attached hydrogens (tertiary/aromatic N) is 5. The second-order valence-corrected chi connectivity index (χ2v) is 7.99. The van der Waals surface area contributed by atoms with E-state index in [1.807, 2.05) is 73.4 Å². The van der Waals surface area contributed by atoms with Gasteiger partial charge in [-0.1, -0.05) is 12.1 Å². The molecule has 0 aliphatic carbocycles. The van der Waals surface area contributed by atoms with Crippen molar-refractivity contribution in [2.75, 3.05) is 7.11 Å². The zero-order valence-electron chi connectivity index (χ0n) is 19.1. The van der Waals surface area contributed by atoms with Gasteiger partial charge in [0.2, 0.25) is 5.91 Å². The van der Waals surface area contributed by atoms with Crippen molar-refractivity contribution in [3.8, 4) is 5.75 Å². The Hall–Kier alpha value is -3.68. The predicted octanol–water partition coefficient (Wildman–Crippen LogP) is 3.24. The first-order valence-electron chi connectivity index (χ1n) is 10.6. The topological polar surface area (TPSA) is 86.3 Å². The van der Waals surface area contributed by atoms with Crippen molar-refractivity contribution < 1.29 is 9.53 Å². The molecule has 1 aromatic carbocycles. The van der Waals surface area contributed by atoms with Crippen LogP contribution in [-0.4, -0.2) is 37.2 Å². The van der Waals surface area contributed by atoms with Gasteiger partial charge in [0.05, 0.1) is 12.8 Å². The van der Waals surface area contributed by atoms with Gasteiger partial charge in [-0.05, 0) is 50.5 Å². The van der Waals surface area contributed by atoms with E-state index in [1.165, 1.54) is 0 Å². The van der Waals surface area contributed by atoms with Crippen molar-refractivity contribution in [2.24, 2.45) is 7.05 Å². The molecule has 3 aromatic heterocycles. The van der Waals surface area contributed by atoms with E-state index in [0.717, 1.165) is 45.4 Å². The van der Waals surface area contributed by atoms with E-state index < -0.39 is 0 Å². The maximum atomic E-state index is 13.0. The van der Waals surface area contributed by atoms with Gasteiger partial charge >= 0.3 is 0 Å². The molecular weight excluding hydrogens is 404 g/mol. The summed E-state index contributed by atoms with van der Waals surface area (Å²) in [7, 11) is 3.55. The molecule has 0 aliphatic heterocycles. The number of rotatable bonds is 7. The molecule has 1 amide bonds. The van der Waals surface area contributed by atoms with Crippen LogP contribution in [0.4, 0.5) is 0 Å². The van der Waals surface area contributed by atoms with Crippen LogP contribution < -0.4 is 10.1 Å². The van der Waals surface area contributed by atoms with Crippen LogP contribution in [0.25, 0.3) is 5.65 Å². The summed E-state index contributed by atoms with van der Waals surface area (Å²) >= 11 is 0. The number of carbonyl (C=O) groups excluding carboxylic acids is 1. The number of carbonyl (C=O) groups is 1. The lowest BCUT2D eigenvalue weighted by Gasteiger charge is -2.20. The van der Waals surface area contributed by atoms with Gasteiger partial charge in [-0.15, -0.1) is 0 Å². The van der Waals surface area contributed by atoms with Crippen LogP contribution in [0.1, 0.15) is 46.5 Å². The highest BCUT2D eigenvalue weighted by Gasteiger charge is 2.22. The van der Waals surface area contributed by atoms with Gasteiger partial charge in [0, 0.05) is 43.3 Å². The summed E-state index contributed by atoms with van der Waals surface area (Å²) in [6, 6.07) is 9.26. The van der Waals surface area contributed by atoms with Crippen LogP contribution in [0.2, 0.25) is 0 Å². The van der Waals surface area contributed by atoms with E-state index in [4.69, 9.17) is 4.74 Å². The number of nitrogens with one attached hydrogen (secondary N) is 1. The number of benzene rings is 1. The van der Waals surface area contributed by atoms with Crippen LogP contribution in [0.5, 0.6) is 5.75 Å². The first-order valence-corrected chi connectivity index (χ1v) is 10.6. The highest BCUT2D eigenvalue weighted by Crippen LogP contribution is 2.25. The van der Waals surface area contributed by atoms with Gasteiger partial charge in [0.15, 0.2) is 5.65 Å². The number of hydrogen-bond acceptors (Lipinski definition) is 5. The van der Waals surface area contributed by atoms with Crippen LogP contribution in [0.3, 0.4) is 0 Å². The number of imidazole rings is 1. The summed E-state index contributed by atoms with van der Waals surface area (Å²) in [4.78, 5) is 22.2. The van der Waals surface area contributed by atoms with Crippen LogP contribution in [0, 0.1) is 20.8 Å². The van der Waals surface area contributed by atoms with Gasteiger partial charge in [0.25, 0.3) is 0 Å². The molecule has 32 heavy (non-hydrogen) atoms. The molecule has 0 aliphatic rings. The first-order chi connectivity index (χ1) is 15.4. The Bertz CT molecular complexity index is 1270. The average molecular weight is 433 g/mol. The lowest BCUT2D eigenvalue weighted by Crippen LogP contribution is -2.31. The summed E-state index contributed by atoms with van der Waals surface area (Å²) < 4.78 is 9.13. The fourth-order valence-electron chi connectivity index (χ4n) is 4.05. The van der Waals surface area contributed by atoms with Gasteiger partial charge in [-0.2, -0.15) is 5.10 Å². The molecule has 0 spiro atoms. The van der Waals surface area contributed by atoms with Crippen molar-refractivity contribution in [3.63, 3.8) is 0 Å². The standard InChI is InChI=1S/C24H28N6O2/c1-15-13-21-26-16(2)20(17(3)30(21)28-15)9-10-22(31)27-23(24-25-11-12-29(24)4)18-7-6-8-19(14-18)32-5/h6-8,11-14,23H,9-10H2,1-5H3,(H,27,31). The molecule has 3 heterocycles. The van der Waals surface area contributed by atoms with Gasteiger partial charge in [-0.25, -0.2) is 14.5 Å². The van der Waals surface area contributed by atoms with Crippen molar-refractivity contribution in [1.82, 2.24) is 29.5 Å². The molecular formula is C24H28N6O2. The minimum Gasteiger partial charge on any atom is -0.497 e. The third-order valence-corrected chi connectivity index (χ3v) is 5.74. The molecule has 0 saturated carbocycles. The quantitative estimate of drug-likeness (QED) is 0.485. The highest BCUT2D eigenvalue weighted by molar-refractivity contribution is 5.77. The molecule has 0 bridgehead atoms. The SMILES string of the molecule is COc1cccc(C(NC(=O)CCc2c(C)nc3cc(C)nn3c2C)c2nccn2C)c1. The largest absolute Gasteiger partial charge is 0.497 e. The molecule has 8 heteroatoms. The van der Waals surface area contributed by atoms with Gasteiger partial charge in [0.1, 0.15) is 17.6 Å². The first kappa shape index (κ1) is 21.5. The Labute approximate surface area is 187 Å². The third kappa shape index (κ3) is 4.21. The molecule has 0 saturated heterocycles. The van der Waals surface area contributed by atoms with E-state index in [1.54, 1.807) is 13.3 Å². The second-order valence-electron chi connectivity index (χ2n) is 7.99. The number of aromatic nitrogens is 5. The van der Waals surface area contributed by atoms with E-state index in [9.17, 15) is 4.79 Å². The third-order valence-electron chi connectivity index (χ3n) is 5.74. The molecule has 0 fully saturated rings. The molecule has 4 rings (SSSR count). The summed E-state index contributed by atoms with van der Waals surface area (Å²) in [5, 5.41) is 7.68. The summed E-state index contributed by atoms with van der Waals surface area (Å²) in [5.74, 6) is 1.43. The Morgan fingerprint density at radius 2 is 2.03 bits per heavy atom. The predicted molar refractivity (Wildman–Crippen MR) is 122 cm³/mol. The number of aryl methyl sites for hydroxylation is 4. The lowest BCUT2D eigenvalue weighted by atomic mass is 10.0. The van der Waals surface area contributed by atoms with Crippen molar-refractivity contribution in [3.05, 3.63) is 76.8 Å². The molecule has 4 aromatic rings. The van der Waals surface area contributed by atoms with Crippen LogP contribution in [0.15, 0.2) is 42.7 Å². The Morgan fingerprint density at radius 1 is 1.22 bits per heavy atom. The van der Waals surface area contributed by atoms with Crippen molar-refractivity contribution >= 4 is 11.6 Å². The maximum absolute atomic E-state index is 13.0. The average Bonchev–Trinajstić information content (AvgIpc) is 3.36. The van der Waals surface area contributed by atoms with E-state index in [2.05, 4.69) is 20.4 Å². The van der Waals surface area contributed by atoms with E-state index in [0.29, 0.717) is 12.8 Å². The molecule has 1 atom stereocenters. The zero-order valence-corrected chi connectivity index (χ0v) is 19.1. The number of ether oxygens (including phenoxy) is 1. The van der Waals surface area contributed by atoms with Crippen LogP contribution >= 0.6 is 0 Å².